The first-order valence-corrected chi connectivity index (χ1v) is 27.8. The smallest absolute Gasteiger partial charge is 0.323 e. The van der Waals surface area contributed by atoms with E-state index in [1.165, 1.54) is 56.7 Å². The lowest BCUT2D eigenvalue weighted by Gasteiger charge is -2.17. The summed E-state index contributed by atoms with van der Waals surface area (Å²) in [6.07, 6.45) is 0. The van der Waals surface area contributed by atoms with Crippen LogP contribution in [0.1, 0.15) is 33.4 Å². The number of azo groups is 4. The molecule has 28 heteroatoms. The van der Waals surface area contributed by atoms with E-state index in [4.69, 9.17) is 18.9 Å². The summed E-state index contributed by atoms with van der Waals surface area (Å²) in [4.78, 5) is 14.0. The summed E-state index contributed by atoms with van der Waals surface area (Å²) in [5.74, 6) is -1.28. The fourth-order valence-electron chi connectivity index (χ4n) is 6.88. The Kier molecular flexibility index (Phi) is 19.0. The average Bonchev–Trinajstić information content (AvgIpc) is 3.33. The number of thiol groups is 1. The number of benzene rings is 6. The Morgan fingerprint density at radius 3 is 1.21 bits per heavy atom. The van der Waals surface area contributed by atoms with E-state index < -0.39 is 66.0 Å². The molecule has 0 fully saturated rings. The molecule has 6 rings (SSSR count). The van der Waals surface area contributed by atoms with Crippen molar-refractivity contribution in [3.8, 4) is 23.0 Å². The number of methoxy groups -OCH3 is 2. The first kappa shape index (κ1) is 58.5. The second kappa shape index (κ2) is 25.0. The minimum absolute atomic E-state index is 0.0116. The third-order valence-electron chi connectivity index (χ3n) is 10.9. The molecule has 0 unspecified atom stereocenters. The van der Waals surface area contributed by atoms with Gasteiger partial charge in [0, 0.05) is 29.2 Å². The number of anilines is 2. The highest BCUT2D eigenvalue weighted by molar-refractivity contribution is 7.86. The molecule has 0 saturated heterocycles. The molecule has 5 N–H and O–H groups in total. The monoisotopic (exact) mass is 1130 g/mol. The summed E-state index contributed by atoms with van der Waals surface area (Å²) in [7, 11) is -10.7. The van der Waals surface area contributed by atoms with Gasteiger partial charge in [0.15, 0.2) is 0 Å². The Morgan fingerprint density at radius 2 is 0.818 bits per heavy atom. The van der Waals surface area contributed by atoms with E-state index in [1.807, 2.05) is 19.1 Å². The number of nitrogens with zero attached hydrogens (tertiary/aromatic N) is 8. The van der Waals surface area contributed by atoms with Crippen LogP contribution in [0.15, 0.2) is 136 Å². The molecule has 0 aliphatic heterocycles. The molecule has 0 saturated carbocycles. The Hall–Kier alpha value is -7.73. The van der Waals surface area contributed by atoms with Crippen molar-refractivity contribution < 1.29 is 62.7 Å². The van der Waals surface area contributed by atoms with Crippen LogP contribution in [0.2, 0.25) is 0 Å². The van der Waals surface area contributed by atoms with Gasteiger partial charge >= 0.3 is 6.03 Å². The topological polar surface area (TPSA) is 340 Å². The highest BCUT2D eigenvalue weighted by atomic mass is 32.2. The van der Waals surface area contributed by atoms with Gasteiger partial charge in [0.2, 0.25) is 0 Å². The maximum Gasteiger partial charge on any atom is 0.323 e. The van der Waals surface area contributed by atoms with Crippen molar-refractivity contribution in [3.63, 3.8) is 0 Å². The SMILES string of the molecule is COc1cc(N=Nc2ccc(C)cc2S)c(C)cc1N=Nc1cc(OCCS(=O)(=O)O)c(NC(=O)Nc2cc(C)c(N=Nc3cc(C)c(N=Nc4ccc(C)cc4S(=O)(=O)O)cc3OC)cc2OCCS(=O)(=O)O)cc1C. The normalized spacial score (nSPS) is 12.3. The number of nitrogens with one attached hydrogen (secondary N) is 2. The molecular weight excluding hydrogens is 1080 g/mol. The molecule has 0 bridgehead atoms. The molecule has 24 nitrogen and oxygen atoms in total. The largest absolute Gasteiger partial charge is 0.494 e. The summed E-state index contributed by atoms with van der Waals surface area (Å²) in [5.41, 5.74) is 5.97. The lowest BCUT2D eigenvalue weighted by molar-refractivity contribution is 0.261. The van der Waals surface area contributed by atoms with Crippen molar-refractivity contribution in [2.45, 2.75) is 51.3 Å². The Labute approximate surface area is 449 Å². The van der Waals surface area contributed by atoms with Crippen molar-refractivity contribution in [2.75, 3.05) is 49.6 Å². The molecular formula is C49H52N10O14S4. The van der Waals surface area contributed by atoms with Crippen molar-refractivity contribution in [1.29, 1.82) is 0 Å². The number of urea groups is 1. The molecule has 0 heterocycles. The fourth-order valence-corrected chi connectivity index (χ4v) is 8.50. The fraction of sp³-hybridized carbons (Fsp3) is 0.245. The van der Waals surface area contributed by atoms with E-state index in [0.29, 0.717) is 55.5 Å². The number of aryl methyl sites for hydroxylation is 6. The molecule has 77 heavy (non-hydrogen) atoms. The molecule has 406 valence electrons. The van der Waals surface area contributed by atoms with Crippen LogP contribution in [0.25, 0.3) is 0 Å². The predicted octanol–water partition coefficient (Wildman–Crippen LogP) is 12.9. The number of carbonyl (C=O) groups excluding carboxylic acids is 1. The third kappa shape index (κ3) is 16.6. The zero-order valence-corrected chi connectivity index (χ0v) is 45.8. The number of ether oxygens (including phenoxy) is 4. The molecule has 0 spiro atoms. The van der Waals surface area contributed by atoms with Gasteiger partial charge in [-0.3, -0.25) is 13.7 Å². The zero-order chi connectivity index (χ0) is 56.4. The van der Waals surface area contributed by atoms with Crippen LogP contribution in [-0.2, 0) is 30.4 Å². The highest BCUT2D eigenvalue weighted by Gasteiger charge is 2.20. The molecule has 0 aromatic heterocycles. The van der Waals surface area contributed by atoms with Gasteiger partial charge in [-0.25, -0.2) is 4.79 Å². The number of hydrogen-bond donors (Lipinski definition) is 6. The van der Waals surface area contributed by atoms with Crippen LogP contribution in [0.3, 0.4) is 0 Å². The summed E-state index contributed by atoms with van der Waals surface area (Å²) >= 11 is 4.49. The molecule has 6 aromatic rings. The van der Waals surface area contributed by atoms with Crippen molar-refractivity contribution >= 4 is 106 Å². The van der Waals surface area contributed by atoms with Crippen LogP contribution in [0.5, 0.6) is 23.0 Å². The first-order valence-electron chi connectivity index (χ1n) is 22.7. The van der Waals surface area contributed by atoms with Crippen molar-refractivity contribution in [1.82, 2.24) is 0 Å². The second-order valence-electron chi connectivity index (χ2n) is 17.0. The summed E-state index contributed by atoms with van der Waals surface area (Å²) < 4.78 is 122. The number of carbonyl (C=O) groups is 1. The quantitative estimate of drug-likeness (QED) is 0.0222. The van der Waals surface area contributed by atoms with Crippen molar-refractivity contribution in [3.05, 3.63) is 118 Å². The number of rotatable bonds is 21. The molecule has 0 aliphatic carbocycles. The number of hydrogen-bond acceptors (Lipinski definition) is 20. The molecule has 0 aliphatic rings. The summed E-state index contributed by atoms with van der Waals surface area (Å²) in [6.45, 7) is 9.28. The summed E-state index contributed by atoms with van der Waals surface area (Å²) in [5, 5.41) is 39.8. The van der Waals surface area contributed by atoms with Gasteiger partial charge in [-0.15, -0.1) is 33.1 Å². The zero-order valence-electron chi connectivity index (χ0n) is 42.5. The lowest BCUT2D eigenvalue weighted by Crippen LogP contribution is -2.21. The van der Waals surface area contributed by atoms with E-state index in [-0.39, 0.29) is 57.1 Å². The van der Waals surface area contributed by atoms with Crippen molar-refractivity contribution in [2.24, 2.45) is 40.9 Å². The average molecular weight is 1130 g/mol. The van der Waals surface area contributed by atoms with Gasteiger partial charge in [0.05, 0.1) is 54.0 Å². The van der Waals surface area contributed by atoms with E-state index in [0.717, 1.165) is 5.56 Å². The first-order chi connectivity index (χ1) is 36.2. The highest BCUT2D eigenvalue weighted by Crippen LogP contribution is 2.42. The molecule has 6 aromatic carbocycles. The van der Waals surface area contributed by atoms with Crippen LogP contribution in [-0.4, -0.2) is 83.9 Å². The van der Waals surface area contributed by atoms with E-state index in [1.54, 1.807) is 65.0 Å². The van der Waals surface area contributed by atoms with E-state index >= 15 is 0 Å². The van der Waals surface area contributed by atoms with Gasteiger partial charge in [0.1, 0.15) is 69.7 Å². The standard InChI is InChI=1S/C49H52N10O14S4/c1-27-9-11-33(47(74)17-27)52-54-35-23-43(70-7)41(21-31(35)5)58-56-37-25-45(72-13-15-75(61,62)63)39(19-29(37)3)50-49(60)51-40-20-30(4)38(26-46(40)73-14-16-76(64,65)66)57-59-42-22-32(6)36(24-44(42)71-8)55-53-34-12-10-28(2)18-48(34)77(67,68)69/h9-12,17-26,74H,13-16H2,1-8H3,(H2,50,51,60)(H,61,62,63)(H,64,65,66)(H,67,68,69). The van der Waals surface area contributed by atoms with Crippen LogP contribution < -0.4 is 29.6 Å². The second-order valence-corrected chi connectivity index (χ2v) is 22.0. The minimum Gasteiger partial charge on any atom is -0.494 e. The maximum absolute atomic E-state index is 13.8. The van der Waals surface area contributed by atoms with E-state index in [9.17, 15) is 43.7 Å². The molecule has 2 amide bonds. The van der Waals surface area contributed by atoms with E-state index in [2.05, 4.69) is 64.2 Å². The van der Waals surface area contributed by atoms with Gasteiger partial charge in [0.25, 0.3) is 30.4 Å². The van der Waals surface area contributed by atoms with Gasteiger partial charge < -0.3 is 29.6 Å². The summed E-state index contributed by atoms with van der Waals surface area (Å²) in [6, 6.07) is 21.1. The van der Waals surface area contributed by atoms with Crippen LogP contribution >= 0.6 is 12.6 Å². The predicted molar refractivity (Wildman–Crippen MR) is 290 cm³/mol. The Bertz CT molecular complexity index is 3720. The Balaban J connectivity index is 1.27. The van der Waals surface area contributed by atoms with Gasteiger partial charge in [-0.2, -0.15) is 45.7 Å². The minimum atomic E-state index is -4.61. The Morgan fingerprint density at radius 1 is 0.468 bits per heavy atom. The maximum atomic E-state index is 13.8. The van der Waals surface area contributed by atoms with Crippen LogP contribution in [0, 0.1) is 41.5 Å². The third-order valence-corrected chi connectivity index (χ3v) is 13.5. The lowest BCUT2D eigenvalue weighted by atomic mass is 10.1. The number of amides is 2. The van der Waals surface area contributed by atoms with Crippen LogP contribution in [0.4, 0.5) is 61.7 Å². The van der Waals surface area contributed by atoms with Gasteiger partial charge in [-0.05, 0) is 123 Å². The molecule has 0 atom stereocenters. The molecule has 0 radical (unpaired) electrons. The van der Waals surface area contributed by atoms with Gasteiger partial charge in [-0.1, -0.05) is 12.1 Å².